The molecule has 0 atom stereocenters. The maximum Gasteiger partial charge on any atom is 0.275 e. The number of rotatable bonds is 5. The molecule has 5 heteroatoms. The fourth-order valence-electron chi connectivity index (χ4n) is 1.89. The van der Waals surface area contributed by atoms with E-state index in [2.05, 4.69) is 15.5 Å². The number of phenols is 1. The Labute approximate surface area is 138 Å². The van der Waals surface area contributed by atoms with Gasteiger partial charge in [-0.25, -0.2) is 5.43 Å². The quantitative estimate of drug-likeness (QED) is 0.647. The van der Waals surface area contributed by atoms with Crippen LogP contribution in [0.5, 0.6) is 5.75 Å². The molecule has 1 aromatic carbocycles. The highest BCUT2D eigenvalue weighted by Crippen LogP contribution is 2.15. The van der Waals surface area contributed by atoms with E-state index in [-0.39, 0.29) is 12.7 Å². The van der Waals surface area contributed by atoms with Gasteiger partial charge in [-0.05, 0) is 30.7 Å². The molecule has 1 amide bonds. The minimum absolute atomic E-state index is 0. The molecule has 1 aromatic heterocycles. The Morgan fingerprint density at radius 3 is 2.48 bits per heavy atom. The summed E-state index contributed by atoms with van der Waals surface area (Å²) in [6.07, 6.45) is 5.02. The molecule has 0 bridgehead atoms. The lowest BCUT2D eigenvalue weighted by Gasteiger charge is -2.07. The van der Waals surface area contributed by atoms with Gasteiger partial charge in [-0.1, -0.05) is 39.3 Å². The Hall–Kier alpha value is -2.69. The van der Waals surface area contributed by atoms with Gasteiger partial charge in [0.1, 0.15) is 5.75 Å². The molecule has 1 heterocycles. The molecule has 0 spiro atoms. The largest absolute Gasteiger partial charge is 0.507 e. The van der Waals surface area contributed by atoms with Crippen molar-refractivity contribution >= 4 is 11.6 Å². The third kappa shape index (κ3) is 5.54. The average Bonchev–Trinajstić information content (AvgIpc) is 2.61. The van der Waals surface area contributed by atoms with Crippen molar-refractivity contribution in [3.05, 3.63) is 59.9 Å². The van der Waals surface area contributed by atoms with Crippen LogP contribution in [0, 0.1) is 0 Å². The van der Waals surface area contributed by atoms with Crippen LogP contribution in [0.3, 0.4) is 0 Å². The number of nitrogens with zero attached hydrogens (tertiary/aromatic N) is 2. The highest BCUT2D eigenvalue weighted by atomic mass is 16.3. The van der Waals surface area contributed by atoms with Crippen LogP contribution in [0.2, 0.25) is 0 Å². The highest BCUT2D eigenvalue weighted by Gasteiger charge is 2.10. The summed E-state index contributed by atoms with van der Waals surface area (Å²) in [5.74, 6) is -0.498. The molecule has 0 radical (unpaired) electrons. The molecule has 5 nitrogen and oxygen atoms in total. The Morgan fingerprint density at radius 2 is 1.87 bits per heavy atom. The van der Waals surface area contributed by atoms with Gasteiger partial charge in [0.15, 0.2) is 0 Å². The number of aromatic hydroxyl groups is 1. The van der Waals surface area contributed by atoms with E-state index >= 15 is 0 Å². The topological polar surface area (TPSA) is 74.6 Å². The average molecular weight is 315 g/mol. The van der Waals surface area contributed by atoms with Gasteiger partial charge in [0.2, 0.25) is 0 Å². The summed E-state index contributed by atoms with van der Waals surface area (Å²) < 4.78 is 0. The first-order valence-corrected chi connectivity index (χ1v) is 7.77. The predicted molar refractivity (Wildman–Crippen MR) is 94.7 cm³/mol. The molecular formula is C18H25N3O2. The standard InChI is InChI=1S/C16H17N3O2.C2H6.H2/c1-2-5-14(12-8-10-17-11-9-12)18-19-16(21)13-6-3-4-7-15(13)20;1-2;/h3-4,6-11,20H,2,5H2,1H3,(H,19,21);1-2H3;1H/b18-14-;;. The Morgan fingerprint density at radius 1 is 1.22 bits per heavy atom. The molecule has 0 unspecified atom stereocenters. The van der Waals surface area contributed by atoms with Crippen molar-refractivity contribution in [2.24, 2.45) is 5.10 Å². The van der Waals surface area contributed by atoms with Crippen molar-refractivity contribution in [1.82, 2.24) is 10.4 Å². The second-order valence-corrected chi connectivity index (χ2v) is 4.50. The van der Waals surface area contributed by atoms with Crippen molar-refractivity contribution in [1.29, 1.82) is 0 Å². The summed E-state index contributed by atoms with van der Waals surface area (Å²) in [6, 6.07) is 10.1. The van der Waals surface area contributed by atoms with Crippen molar-refractivity contribution in [2.75, 3.05) is 0 Å². The van der Waals surface area contributed by atoms with E-state index in [0.29, 0.717) is 0 Å². The molecule has 2 aromatic rings. The van der Waals surface area contributed by atoms with Gasteiger partial charge < -0.3 is 5.11 Å². The van der Waals surface area contributed by atoms with E-state index in [1.807, 2.05) is 32.9 Å². The van der Waals surface area contributed by atoms with Gasteiger partial charge in [0.05, 0.1) is 11.3 Å². The van der Waals surface area contributed by atoms with Gasteiger partial charge in [-0.15, -0.1) is 0 Å². The van der Waals surface area contributed by atoms with Crippen LogP contribution in [0.1, 0.15) is 51.0 Å². The van der Waals surface area contributed by atoms with E-state index in [1.165, 1.54) is 6.07 Å². The number of phenolic OH excluding ortho intramolecular Hbond substituents is 1. The van der Waals surface area contributed by atoms with Crippen LogP contribution in [0.15, 0.2) is 53.9 Å². The third-order valence-corrected chi connectivity index (χ3v) is 2.94. The first-order chi connectivity index (χ1) is 11.2. The zero-order valence-electron chi connectivity index (χ0n) is 13.8. The number of para-hydroxylation sites is 1. The molecule has 0 aliphatic carbocycles. The number of pyridine rings is 1. The second-order valence-electron chi connectivity index (χ2n) is 4.50. The maximum absolute atomic E-state index is 12.0. The van der Waals surface area contributed by atoms with Crippen molar-refractivity contribution < 1.29 is 11.3 Å². The number of hydrogen-bond acceptors (Lipinski definition) is 4. The zero-order valence-corrected chi connectivity index (χ0v) is 13.8. The summed E-state index contributed by atoms with van der Waals surface area (Å²) in [4.78, 5) is 16.0. The smallest absolute Gasteiger partial charge is 0.275 e. The number of carbonyl (C=O) groups excluding carboxylic acids is 1. The fraction of sp³-hybridized carbons (Fsp3) is 0.278. The van der Waals surface area contributed by atoms with Crippen LogP contribution in [0.25, 0.3) is 0 Å². The molecule has 2 rings (SSSR count). The Bertz CT molecular complexity index is 646. The number of nitrogens with one attached hydrogen (secondary N) is 1. The first kappa shape index (κ1) is 18.4. The number of hydrazone groups is 1. The van der Waals surface area contributed by atoms with E-state index in [4.69, 9.17) is 0 Å². The number of benzene rings is 1. The van der Waals surface area contributed by atoms with Crippen LogP contribution in [-0.2, 0) is 0 Å². The molecule has 0 aliphatic heterocycles. The first-order valence-electron chi connectivity index (χ1n) is 7.77. The summed E-state index contributed by atoms with van der Waals surface area (Å²) >= 11 is 0. The monoisotopic (exact) mass is 315 g/mol. The molecule has 124 valence electrons. The summed E-state index contributed by atoms with van der Waals surface area (Å²) in [6.45, 7) is 6.04. The molecule has 23 heavy (non-hydrogen) atoms. The zero-order chi connectivity index (χ0) is 17.1. The third-order valence-electron chi connectivity index (χ3n) is 2.94. The fourth-order valence-corrected chi connectivity index (χ4v) is 1.89. The van der Waals surface area contributed by atoms with E-state index < -0.39 is 5.91 Å². The van der Waals surface area contributed by atoms with Crippen LogP contribution < -0.4 is 5.43 Å². The van der Waals surface area contributed by atoms with Crippen LogP contribution >= 0.6 is 0 Å². The molecule has 0 aliphatic rings. The number of aromatic nitrogens is 1. The van der Waals surface area contributed by atoms with Gasteiger partial charge in [0.25, 0.3) is 5.91 Å². The molecule has 0 fully saturated rings. The normalized spacial score (nSPS) is 10.5. The lowest BCUT2D eigenvalue weighted by molar-refractivity contribution is 0.0952. The van der Waals surface area contributed by atoms with E-state index in [1.54, 1.807) is 30.6 Å². The summed E-state index contributed by atoms with van der Waals surface area (Å²) in [5.41, 5.74) is 4.39. The second kappa shape index (κ2) is 10.1. The summed E-state index contributed by atoms with van der Waals surface area (Å²) in [7, 11) is 0. The predicted octanol–water partition coefficient (Wildman–Crippen LogP) is 3.99. The van der Waals surface area contributed by atoms with Gasteiger partial charge in [0, 0.05) is 19.4 Å². The minimum atomic E-state index is -0.434. The van der Waals surface area contributed by atoms with E-state index in [9.17, 15) is 9.90 Å². The van der Waals surface area contributed by atoms with Crippen molar-refractivity contribution in [3.8, 4) is 5.75 Å². The Kier molecular flexibility index (Phi) is 8.07. The lowest BCUT2D eigenvalue weighted by Crippen LogP contribution is -2.20. The molecular weight excluding hydrogens is 290 g/mol. The molecule has 0 saturated carbocycles. The van der Waals surface area contributed by atoms with Gasteiger partial charge in [-0.2, -0.15) is 5.10 Å². The van der Waals surface area contributed by atoms with Crippen LogP contribution in [-0.4, -0.2) is 21.7 Å². The minimum Gasteiger partial charge on any atom is -0.507 e. The lowest BCUT2D eigenvalue weighted by atomic mass is 10.1. The Balaban J connectivity index is 0.00000170. The number of amides is 1. The van der Waals surface area contributed by atoms with Gasteiger partial charge >= 0.3 is 0 Å². The number of hydrogen-bond donors (Lipinski definition) is 2. The molecule has 2 N–H and O–H groups in total. The summed E-state index contributed by atoms with van der Waals surface area (Å²) in [5, 5.41) is 13.8. The van der Waals surface area contributed by atoms with E-state index in [0.717, 1.165) is 24.1 Å². The maximum atomic E-state index is 12.0. The SMILES string of the molecule is CC.CCC/C(=N/NC(=O)c1ccccc1O)c1ccncc1.[HH]. The van der Waals surface area contributed by atoms with Crippen LogP contribution in [0.4, 0.5) is 0 Å². The van der Waals surface area contributed by atoms with Crippen molar-refractivity contribution in [2.45, 2.75) is 33.6 Å². The van der Waals surface area contributed by atoms with Crippen molar-refractivity contribution in [3.63, 3.8) is 0 Å². The molecule has 0 saturated heterocycles. The number of carbonyl (C=O) groups is 1. The highest BCUT2D eigenvalue weighted by molar-refractivity contribution is 6.02. The van der Waals surface area contributed by atoms with Gasteiger partial charge in [-0.3, -0.25) is 9.78 Å².